The SMILES string of the molecule is OCC1(O)CCCN(Cc2ccc3ccn(Cc4ccccc4)c3c2)CC1. The van der Waals surface area contributed by atoms with Crippen molar-refractivity contribution in [3.63, 3.8) is 0 Å². The van der Waals surface area contributed by atoms with Crippen LogP contribution in [-0.2, 0) is 13.1 Å². The lowest BCUT2D eigenvalue weighted by Gasteiger charge is -2.24. The lowest BCUT2D eigenvalue weighted by molar-refractivity contribution is -0.0255. The van der Waals surface area contributed by atoms with E-state index in [0.717, 1.165) is 32.6 Å². The highest BCUT2D eigenvalue weighted by molar-refractivity contribution is 5.81. The molecule has 0 aliphatic carbocycles. The van der Waals surface area contributed by atoms with Gasteiger partial charge in [0, 0.05) is 31.3 Å². The van der Waals surface area contributed by atoms with E-state index in [-0.39, 0.29) is 6.61 Å². The average molecular weight is 364 g/mol. The van der Waals surface area contributed by atoms with Gasteiger partial charge in [0.25, 0.3) is 0 Å². The summed E-state index contributed by atoms with van der Waals surface area (Å²) in [4.78, 5) is 2.39. The molecule has 0 bridgehead atoms. The maximum atomic E-state index is 10.4. The molecule has 3 aromatic rings. The van der Waals surface area contributed by atoms with Crippen LogP contribution >= 0.6 is 0 Å². The topological polar surface area (TPSA) is 48.6 Å². The molecule has 4 nitrogen and oxygen atoms in total. The molecule has 27 heavy (non-hydrogen) atoms. The summed E-state index contributed by atoms with van der Waals surface area (Å²) in [5.41, 5.74) is 2.96. The highest BCUT2D eigenvalue weighted by atomic mass is 16.3. The van der Waals surface area contributed by atoms with Gasteiger partial charge in [-0.15, -0.1) is 0 Å². The molecule has 1 aliphatic heterocycles. The Morgan fingerprint density at radius 3 is 2.56 bits per heavy atom. The average Bonchev–Trinajstić information content (AvgIpc) is 2.98. The lowest BCUT2D eigenvalue weighted by Crippen LogP contribution is -2.34. The van der Waals surface area contributed by atoms with Crippen molar-refractivity contribution in [3.05, 3.63) is 71.9 Å². The minimum Gasteiger partial charge on any atom is -0.393 e. The zero-order valence-corrected chi connectivity index (χ0v) is 15.7. The highest BCUT2D eigenvalue weighted by Gasteiger charge is 2.29. The highest BCUT2D eigenvalue weighted by Crippen LogP contribution is 2.24. The summed E-state index contributed by atoms with van der Waals surface area (Å²) in [5, 5.41) is 21.0. The van der Waals surface area contributed by atoms with Crippen LogP contribution in [0.5, 0.6) is 0 Å². The Bertz CT molecular complexity index is 890. The van der Waals surface area contributed by atoms with Crippen molar-refractivity contribution in [2.24, 2.45) is 0 Å². The summed E-state index contributed by atoms with van der Waals surface area (Å²) in [6.45, 7) is 3.40. The van der Waals surface area contributed by atoms with Crippen molar-refractivity contribution in [2.45, 2.75) is 38.0 Å². The number of hydrogen-bond acceptors (Lipinski definition) is 3. The predicted octanol–water partition coefficient (Wildman–Crippen LogP) is 3.40. The molecule has 1 aromatic heterocycles. The van der Waals surface area contributed by atoms with Crippen LogP contribution in [-0.4, -0.2) is 45.0 Å². The fourth-order valence-electron chi connectivity index (χ4n) is 4.06. The van der Waals surface area contributed by atoms with Gasteiger partial charge in [-0.05, 0) is 54.5 Å². The third kappa shape index (κ3) is 4.24. The first-order valence-electron chi connectivity index (χ1n) is 9.83. The van der Waals surface area contributed by atoms with E-state index in [2.05, 4.69) is 70.3 Å². The number of nitrogens with zero attached hydrogens (tertiary/aromatic N) is 2. The van der Waals surface area contributed by atoms with Crippen LogP contribution in [0, 0.1) is 0 Å². The Morgan fingerprint density at radius 1 is 0.889 bits per heavy atom. The van der Waals surface area contributed by atoms with Crippen LogP contribution in [0.1, 0.15) is 30.4 Å². The van der Waals surface area contributed by atoms with Crippen LogP contribution in [0.25, 0.3) is 10.9 Å². The summed E-state index contributed by atoms with van der Waals surface area (Å²) >= 11 is 0. The molecule has 1 aliphatic rings. The molecule has 142 valence electrons. The van der Waals surface area contributed by atoms with E-state index in [4.69, 9.17) is 0 Å². The fourth-order valence-corrected chi connectivity index (χ4v) is 4.06. The molecular weight excluding hydrogens is 336 g/mol. The van der Waals surface area contributed by atoms with E-state index < -0.39 is 5.60 Å². The Morgan fingerprint density at radius 2 is 1.74 bits per heavy atom. The molecule has 1 unspecified atom stereocenters. The Hall–Kier alpha value is -2.14. The summed E-state index contributed by atoms with van der Waals surface area (Å²) < 4.78 is 2.31. The van der Waals surface area contributed by atoms with Crippen LogP contribution in [0.15, 0.2) is 60.8 Å². The van der Waals surface area contributed by atoms with E-state index in [1.807, 2.05) is 0 Å². The van der Waals surface area contributed by atoms with Gasteiger partial charge in [-0.25, -0.2) is 0 Å². The van der Waals surface area contributed by atoms with Crippen molar-refractivity contribution in [1.29, 1.82) is 0 Å². The largest absolute Gasteiger partial charge is 0.393 e. The monoisotopic (exact) mass is 364 g/mol. The number of fused-ring (bicyclic) bond motifs is 1. The Kier molecular flexibility index (Phi) is 5.30. The quantitative estimate of drug-likeness (QED) is 0.729. The number of aliphatic hydroxyl groups excluding tert-OH is 1. The van der Waals surface area contributed by atoms with Gasteiger partial charge in [-0.2, -0.15) is 0 Å². The van der Waals surface area contributed by atoms with Gasteiger partial charge in [0.1, 0.15) is 0 Å². The van der Waals surface area contributed by atoms with Crippen LogP contribution < -0.4 is 0 Å². The molecule has 4 heteroatoms. The normalized spacial score (nSPS) is 21.4. The van der Waals surface area contributed by atoms with E-state index >= 15 is 0 Å². The van der Waals surface area contributed by atoms with E-state index in [9.17, 15) is 10.2 Å². The molecule has 0 spiro atoms. The predicted molar refractivity (Wildman–Crippen MR) is 109 cm³/mol. The molecule has 1 fully saturated rings. The van der Waals surface area contributed by atoms with E-state index in [0.29, 0.717) is 12.8 Å². The molecule has 0 radical (unpaired) electrons. The second kappa shape index (κ2) is 7.85. The second-order valence-electron chi connectivity index (χ2n) is 7.83. The first kappa shape index (κ1) is 18.2. The molecule has 2 aromatic carbocycles. The summed E-state index contributed by atoms with van der Waals surface area (Å²) in [6, 6.07) is 19.4. The van der Waals surface area contributed by atoms with Crippen molar-refractivity contribution in [1.82, 2.24) is 9.47 Å². The minimum absolute atomic E-state index is 0.139. The number of aliphatic hydroxyl groups is 2. The fraction of sp³-hybridized carbons (Fsp3) is 0.391. The third-order valence-electron chi connectivity index (χ3n) is 5.74. The van der Waals surface area contributed by atoms with E-state index in [1.165, 1.54) is 22.0 Å². The van der Waals surface area contributed by atoms with Gasteiger partial charge >= 0.3 is 0 Å². The van der Waals surface area contributed by atoms with Gasteiger partial charge in [0.15, 0.2) is 0 Å². The standard InChI is InChI=1S/C23H28N2O2/c26-18-23(27)10-4-12-24(14-11-23)16-20-7-8-21-9-13-25(22(21)15-20)17-19-5-2-1-3-6-19/h1-3,5-9,13,15,26-27H,4,10-12,14,16-18H2. The number of hydrogen-bond donors (Lipinski definition) is 2. The molecular formula is C23H28N2O2. The third-order valence-corrected chi connectivity index (χ3v) is 5.74. The molecule has 0 saturated carbocycles. The maximum absolute atomic E-state index is 10.4. The van der Waals surface area contributed by atoms with Crippen LogP contribution in [0.2, 0.25) is 0 Å². The number of benzene rings is 2. The van der Waals surface area contributed by atoms with Crippen molar-refractivity contribution in [3.8, 4) is 0 Å². The number of rotatable bonds is 5. The second-order valence-corrected chi connectivity index (χ2v) is 7.83. The summed E-state index contributed by atoms with van der Waals surface area (Å²) in [6.07, 6.45) is 4.40. The van der Waals surface area contributed by atoms with E-state index in [1.54, 1.807) is 0 Å². The Labute approximate surface area is 160 Å². The van der Waals surface area contributed by atoms with Crippen LogP contribution in [0.3, 0.4) is 0 Å². The van der Waals surface area contributed by atoms with Gasteiger partial charge in [0.2, 0.25) is 0 Å². The number of likely N-dealkylation sites (tertiary alicyclic amines) is 1. The molecule has 4 rings (SSSR count). The van der Waals surface area contributed by atoms with Crippen LogP contribution in [0.4, 0.5) is 0 Å². The summed E-state index contributed by atoms with van der Waals surface area (Å²) in [7, 11) is 0. The molecule has 1 saturated heterocycles. The van der Waals surface area contributed by atoms with Gasteiger partial charge in [-0.1, -0.05) is 42.5 Å². The minimum atomic E-state index is -0.900. The number of aromatic nitrogens is 1. The van der Waals surface area contributed by atoms with Gasteiger partial charge in [0.05, 0.1) is 12.2 Å². The van der Waals surface area contributed by atoms with Crippen molar-refractivity contribution in [2.75, 3.05) is 19.7 Å². The van der Waals surface area contributed by atoms with Crippen molar-refractivity contribution >= 4 is 10.9 Å². The first-order valence-corrected chi connectivity index (χ1v) is 9.83. The van der Waals surface area contributed by atoms with Crippen molar-refractivity contribution < 1.29 is 10.2 Å². The van der Waals surface area contributed by atoms with Gasteiger partial charge in [-0.3, -0.25) is 4.90 Å². The maximum Gasteiger partial charge on any atom is 0.0890 e. The van der Waals surface area contributed by atoms with Gasteiger partial charge < -0.3 is 14.8 Å². The molecule has 2 heterocycles. The molecule has 1 atom stereocenters. The lowest BCUT2D eigenvalue weighted by atomic mass is 9.96. The zero-order chi connectivity index (χ0) is 18.7. The zero-order valence-electron chi connectivity index (χ0n) is 15.7. The Balaban J connectivity index is 1.50. The molecule has 0 amide bonds. The first-order chi connectivity index (χ1) is 13.1. The smallest absolute Gasteiger partial charge is 0.0890 e. The summed E-state index contributed by atoms with van der Waals surface area (Å²) in [5.74, 6) is 0. The molecule has 2 N–H and O–H groups in total.